The van der Waals surface area contributed by atoms with Crippen molar-refractivity contribution in [3.63, 3.8) is 0 Å². The van der Waals surface area contributed by atoms with Crippen molar-refractivity contribution in [2.24, 2.45) is 0 Å². The highest BCUT2D eigenvalue weighted by atomic mass is 16.1. The molecule has 1 N–H and O–H groups in total. The molecule has 150 valence electrons. The number of carbonyl (C=O) groups is 1. The van der Waals surface area contributed by atoms with Crippen LogP contribution in [0.3, 0.4) is 0 Å². The van der Waals surface area contributed by atoms with Crippen LogP contribution in [-0.4, -0.2) is 10.3 Å². The van der Waals surface area contributed by atoms with Gasteiger partial charge in [-0.05, 0) is 40.5 Å². The molecule has 0 fully saturated rings. The Hall–Kier alpha value is -3.58. The highest BCUT2D eigenvalue weighted by molar-refractivity contribution is 6.08. The lowest BCUT2D eigenvalue weighted by Crippen LogP contribution is -2.17. The lowest BCUT2D eigenvalue weighted by molar-refractivity contribution is 0.102. The molecule has 0 bridgehead atoms. The zero-order valence-electron chi connectivity index (χ0n) is 17.7. The van der Waals surface area contributed by atoms with Gasteiger partial charge in [0.2, 0.25) is 0 Å². The number of para-hydroxylation sites is 1. The van der Waals surface area contributed by atoms with E-state index >= 15 is 0 Å². The van der Waals surface area contributed by atoms with Gasteiger partial charge in [-0.1, -0.05) is 70.2 Å². The fourth-order valence-electron chi connectivity index (χ4n) is 4.10. The number of fused-ring (bicyclic) bond motifs is 3. The van der Waals surface area contributed by atoms with E-state index < -0.39 is 0 Å². The van der Waals surface area contributed by atoms with Crippen molar-refractivity contribution in [1.82, 2.24) is 4.40 Å². The summed E-state index contributed by atoms with van der Waals surface area (Å²) in [6, 6.07) is 20.0. The maximum atomic E-state index is 13.4. The average molecular weight is 396 g/mol. The van der Waals surface area contributed by atoms with Crippen molar-refractivity contribution in [3.8, 4) is 6.07 Å². The molecule has 4 nitrogen and oxygen atoms in total. The zero-order chi connectivity index (χ0) is 21.4. The molecular weight excluding hydrogens is 370 g/mol. The van der Waals surface area contributed by atoms with Gasteiger partial charge in [0.25, 0.3) is 5.91 Å². The van der Waals surface area contributed by atoms with Gasteiger partial charge in [-0.3, -0.25) is 4.79 Å². The van der Waals surface area contributed by atoms with Crippen molar-refractivity contribution < 1.29 is 4.79 Å². The Morgan fingerprint density at radius 1 is 0.967 bits per heavy atom. The predicted molar refractivity (Wildman–Crippen MR) is 122 cm³/mol. The van der Waals surface area contributed by atoms with Crippen molar-refractivity contribution in [3.05, 3.63) is 83.2 Å². The average Bonchev–Trinajstić information content (AvgIpc) is 3.13. The Morgan fingerprint density at radius 2 is 1.63 bits per heavy atom. The third kappa shape index (κ3) is 3.23. The lowest BCUT2D eigenvalue weighted by atomic mass is 9.92. The van der Waals surface area contributed by atoms with Gasteiger partial charge in [0.05, 0.1) is 11.1 Å². The van der Waals surface area contributed by atoms with Crippen LogP contribution in [0.15, 0.2) is 60.8 Å². The van der Waals surface area contributed by atoms with Gasteiger partial charge >= 0.3 is 0 Å². The minimum Gasteiger partial charge on any atom is -0.320 e. The van der Waals surface area contributed by atoms with Crippen molar-refractivity contribution >= 4 is 27.9 Å². The van der Waals surface area contributed by atoms with Crippen LogP contribution in [0.4, 0.5) is 5.69 Å². The number of nitriles is 1. The van der Waals surface area contributed by atoms with Gasteiger partial charge in [0, 0.05) is 17.3 Å². The number of benzene rings is 2. The molecule has 30 heavy (non-hydrogen) atoms. The smallest absolute Gasteiger partial charge is 0.272 e. The Balaban J connectivity index is 1.87. The number of amides is 1. The molecule has 0 saturated carbocycles. The molecule has 0 atom stereocenters. The van der Waals surface area contributed by atoms with Gasteiger partial charge in [0.15, 0.2) is 0 Å². The summed E-state index contributed by atoms with van der Waals surface area (Å²) in [5, 5.41) is 14.9. The first-order valence-corrected chi connectivity index (χ1v) is 10.3. The van der Waals surface area contributed by atoms with E-state index in [1.54, 1.807) is 6.07 Å². The van der Waals surface area contributed by atoms with Gasteiger partial charge in [-0.2, -0.15) is 5.26 Å². The monoisotopic (exact) mass is 395 g/mol. The van der Waals surface area contributed by atoms with Gasteiger partial charge < -0.3 is 9.72 Å². The number of hydrogen-bond donors (Lipinski definition) is 1. The zero-order valence-corrected chi connectivity index (χ0v) is 17.7. The van der Waals surface area contributed by atoms with E-state index in [0.29, 0.717) is 11.3 Å². The predicted octanol–water partition coefficient (Wildman–Crippen LogP) is 6.46. The first kappa shape index (κ1) is 19.7. The molecule has 0 spiro atoms. The first-order valence-electron chi connectivity index (χ1n) is 10.3. The highest BCUT2D eigenvalue weighted by Gasteiger charge is 2.21. The van der Waals surface area contributed by atoms with E-state index in [0.717, 1.165) is 33.1 Å². The molecule has 2 aromatic carbocycles. The fourth-order valence-corrected chi connectivity index (χ4v) is 4.10. The summed E-state index contributed by atoms with van der Waals surface area (Å²) in [5.41, 5.74) is 4.82. The van der Waals surface area contributed by atoms with Gasteiger partial charge in [0.1, 0.15) is 11.8 Å². The lowest BCUT2D eigenvalue weighted by Gasteiger charge is -2.20. The molecule has 0 saturated heterocycles. The SMILES string of the molecule is CC(C)c1cccc(C(C)C)c1NC(=O)c1cc(C#N)c2c3ccccc3ccn12. The van der Waals surface area contributed by atoms with E-state index in [9.17, 15) is 10.1 Å². The number of carbonyl (C=O) groups excluding carboxylic acids is 1. The molecule has 1 amide bonds. The van der Waals surface area contributed by atoms with Crippen LogP contribution >= 0.6 is 0 Å². The molecule has 0 unspecified atom stereocenters. The van der Waals surface area contributed by atoms with E-state index in [1.165, 1.54) is 0 Å². The molecule has 0 aliphatic carbocycles. The summed E-state index contributed by atoms with van der Waals surface area (Å²) >= 11 is 0. The van der Waals surface area contributed by atoms with Gasteiger partial charge in [-0.25, -0.2) is 0 Å². The van der Waals surface area contributed by atoms with Crippen molar-refractivity contribution in [2.45, 2.75) is 39.5 Å². The first-order chi connectivity index (χ1) is 14.4. The molecule has 4 rings (SSSR count). The van der Waals surface area contributed by atoms with Crippen molar-refractivity contribution in [2.75, 3.05) is 5.32 Å². The Kier molecular flexibility index (Phi) is 5.05. The second-order valence-electron chi connectivity index (χ2n) is 8.25. The van der Waals surface area contributed by atoms with Crippen LogP contribution in [0.1, 0.15) is 66.7 Å². The molecule has 0 aliphatic heterocycles. The maximum absolute atomic E-state index is 13.4. The summed E-state index contributed by atoms with van der Waals surface area (Å²) in [4.78, 5) is 13.4. The Morgan fingerprint density at radius 3 is 2.27 bits per heavy atom. The van der Waals surface area contributed by atoms with E-state index in [-0.39, 0.29) is 17.7 Å². The molecule has 0 radical (unpaired) electrons. The number of hydrogen-bond acceptors (Lipinski definition) is 2. The van der Waals surface area contributed by atoms with Crippen LogP contribution in [0.25, 0.3) is 16.3 Å². The van der Waals surface area contributed by atoms with Crippen molar-refractivity contribution in [1.29, 1.82) is 5.26 Å². The third-order valence-electron chi connectivity index (χ3n) is 5.62. The second kappa shape index (κ2) is 7.68. The second-order valence-corrected chi connectivity index (χ2v) is 8.25. The number of nitrogens with zero attached hydrogens (tertiary/aromatic N) is 2. The standard InChI is InChI=1S/C26H25N3O/c1-16(2)20-10-7-11-21(17(3)4)24(20)28-26(30)23-14-19(15-27)25-22-9-6-5-8-18(22)12-13-29(23)25/h5-14,16-17H,1-4H3,(H,28,30). The summed E-state index contributed by atoms with van der Waals surface area (Å²) < 4.78 is 1.82. The topological polar surface area (TPSA) is 57.3 Å². The van der Waals surface area contributed by atoms with Crippen LogP contribution in [0, 0.1) is 11.3 Å². The van der Waals surface area contributed by atoms with E-state index in [1.807, 2.05) is 47.0 Å². The summed E-state index contributed by atoms with van der Waals surface area (Å²) in [6.45, 7) is 8.51. The molecule has 0 aliphatic rings. The largest absolute Gasteiger partial charge is 0.320 e. The molecule has 2 heterocycles. The summed E-state index contributed by atoms with van der Waals surface area (Å²) in [7, 11) is 0. The summed E-state index contributed by atoms with van der Waals surface area (Å²) in [5.74, 6) is 0.347. The van der Waals surface area contributed by atoms with E-state index in [2.05, 4.69) is 51.2 Å². The summed E-state index contributed by atoms with van der Waals surface area (Å²) in [6.07, 6.45) is 1.87. The molecule has 4 aromatic rings. The van der Waals surface area contributed by atoms with Crippen LogP contribution in [0.2, 0.25) is 0 Å². The van der Waals surface area contributed by atoms with E-state index in [4.69, 9.17) is 0 Å². The van der Waals surface area contributed by atoms with Crippen LogP contribution in [-0.2, 0) is 0 Å². The Labute approximate surface area is 176 Å². The highest BCUT2D eigenvalue weighted by Crippen LogP contribution is 2.33. The minimum atomic E-state index is -0.211. The fraction of sp³-hybridized carbons (Fsp3) is 0.231. The minimum absolute atomic E-state index is 0.211. The number of pyridine rings is 1. The normalized spacial score (nSPS) is 11.4. The number of nitrogens with one attached hydrogen (secondary N) is 1. The quantitative estimate of drug-likeness (QED) is 0.431. The number of aromatic nitrogens is 1. The number of rotatable bonds is 4. The maximum Gasteiger partial charge on any atom is 0.272 e. The van der Waals surface area contributed by atoms with Gasteiger partial charge in [-0.15, -0.1) is 0 Å². The molecule has 4 heteroatoms. The third-order valence-corrected chi connectivity index (χ3v) is 5.62. The number of anilines is 1. The molecule has 2 aromatic heterocycles. The Bertz CT molecular complexity index is 1280. The molecular formula is C26H25N3O. The van der Waals surface area contributed by atoms with Crippen LogP contribution < -0.4 is 5.32 Å². The van der Waals surface area contributed by atoms with Crippen LogP contribution in [0.5, 0.6) is 0 Å².